The molecule has 0 saturated carbocycles. The van der Waals surface area contributed by atoms with E-state index in [0.29, 0.717) is 29.2 Å². The van der Waals surface area contributed by atoms with Crippen LogP contribution in [0.25, 0.3) is 0 Å². The maximum Gasteiger partial charge on any atom is 0.264 e. The monoisotopic (exact) mass is 569 g/mol. The number of anilines is 1. The number of hydrogen-bond donors (Lipinski definition) is 1. The third-order valence-electron chi connectivity index (χ3n) is 6.52. The Kier molecular flexibility index (Phi) is 10.9. The van der Waals surface area contributed by atoms with Crippen molar-refractivity contribution in [2.24, 2.45) is 0 Å². The molecule has 0 aliphatic heterocycles. The minimum absolute atomic E-state index is 0.0633. The van der Waals surface area contributed by atoms with Crippen LogP contribution < -0.4 is 9.62 Å². The first-order valence-electron chi connectivity index (χ1n) is 13.1. The Labute approximate surface area is 236 Å². The highest BCUT2D eigenvalue weighted by molar-refractivity contribution is 7.92. The summed E-state index contributed by atoms with van der Waals surface area (Å²) in [5, 5.41) is 3.35. The van der Waals surface area contributed by atoms with Gasteiger partial charge < -0.3 is 10.2 Å². The van der Waals surface area contributed by atoms with E-state index in [-0.39, 0.29) is 17.3 Å². The molecule has 39 heavy (non-hydrogen) atoms. The van der Waals surface area contributed by atoms with Crippen molar-refractivity contribution in [1.82, 2.24) is 10.2 Å². The van der Waals surface area contributed by atoms with Crippen LogP contribution in [0.15, 0.2) is 83.8 Å². The van der Waals surface area contributed by atoms with Gasteiger partial charge in [-0.15, -0.1) is 0 Å². The zero-order valence-electron chi connectivity index (χ0n) is 22.6. The van der Waals surface area contributed by atoms with E-state index in [9.17, 15) is 18.0 Å². The second kappa shape index (κ2) is 14.1. The van der Waals surface area contributed by atoms with Gasteiger partial charge in [0.05, 0.1) is 10.6 Å². The lowest BCUT2D eigenvalue weighted by atomic mass is 10.1. The number of hydrogen-bond acceptors (Lipinski definition) is 4. The minimum atomic E-state index is -4.11. The molecule has 0 saturated heterocycles. The molecular weight excluding hydrogens is 534 g/mol. The number of carbonyl (C=O) groups excluding carboxylic acids is 2. The van der Waals surface area contributed by atoms with E-state index < -0.39 is 28.5 Å². The number of unbranched alkanes of at least 4 members (excludes halogenated alkanes) is 1. The number of rotatable bonds is 13. The van der Waals surface area contributed by atoms with Crippen LogP contribution in [0.3, 0.4) is 0 Å². The van der Waals surface area contributed by atoms with Gasteiger partial charge >= 0.3 is 0 Å². The van der Waals surface area contributed by atoms with Crippen molar-refractivity contribution in [3.05, 3.63) is 95.0 Å². The highest BCUT2D eigenvalue weighted by Gasteiger charge is 2.32. The summed E-state index contributed by atoms with van der Waals surface area (Å²) in [5.41, 5.74) is 1.96. The second-order valence-corrected chi connectivity index (χ2v) is 11.7. The molecule has 1 atom stereocenters. The molecule has 0 heterocycles. The Bertz CT molecular complexity index is 1350. The molecule has 2 amide bonds. The summed E-state index contributed by atoms with van der Waals surface area (Å²) >= 11 is 6.15. The Morgan fingerprint density at radius 1 is 0.974 bits per heavy atom. The Hall–Kier alpha value is -3.36. The summed E-state index contributed by atoms with van der Waals surface area (Å²) in [7, 11) is -4.11. The summed E-state index contributed by atoms with van der Waals surface area (Å²) in [5.74, 6) is -0.747. The first-order valence-corrected chi connectivity index (χ1v) is 14.9. The average molecular weight is 570 g/mol. The molecule has 3 aromatic carbocycles. The predicted octanol–water partition coefficient (Wildman–Crippen LogP) is 5.22. The van der Waals surface area contributed by atoms with Gasteiger partial charge in [-0.05, 0) is 68.1 Å². The Morgan fingerprint density at radius 2 is 1.62 bits per heavy atom. The molecule has 1 N–H and O–H groups in total. The molecule has 0 aliphatic rings. The lowest BCUT2D eigenvalue weighted by Crippen LogP contribution is -2.52. The zero-order chi connectivity index (χ0) is 28.4. The molecule has 0 aromatic heterocycles. The van der Waals surface area contributed by atoms with E-state index >= 15 is 0 Å². The summed E-state index contributed by atoms with van der Waals surface area (Å²) < 4.78 is 28.8. The molecule has 3 rings (SSSR count). The molecule has 7 nitrogen and oxygen atoms in total. The average Bonchev–Trinajstić information content (AvgIpc) is 2.93. The van der Waals surface area contributed by atoms with Crippen molar-refractivity contribution < 1.29 is 18.0 Å². The molecule has 0 radical (unpaired) electrons. The number of carbonyl (C=O) groups is 2. The van der Waals surface area contributed by atoms with Gasteiger partial charge in [0, 0.05) is 18.1 Å². The molecule has 208 valence electrons. The van der Waals surface area contributed by atoms with Gasteiger partial charge in [-0.1, -0.05) is 73.5 Å². The number of halogens is 1. The molecular formula is C30H36ClN3O4S. The fraction of sp³-hybridized carbons (Fsp3) is 0.333. The van der Waals surface area contributed by atoms with Gasteiger partial charge in [-0.2, -0.15) is 0 Å². The lowest BCUT2D eigenvalue weighted by molar-refractivity contribution is -0.138. The Morgan fingerprint density at radius 3 is 2.23 bits per heavy atom. The summed E-state index contributed by atoms with van der Waals surface area (Å²) in [6, 6.07) is 21.7. The molecule has 0 unspecified atom stereocenters. The van der Waals surface area contributed by atoms with E-state index in [1.165, 1.54) is 17.0 Å². The van der Waals surface area contributed by atoms with Crippen molar-refractivity contribution in [1.29, 1.82) is 0 Å². The number of nitrogens with one attached hydrogen (secondary N) is 1. The van der Waals surface area contributed by atoms with Crippen LogP contribution in [0.2, 0.25) is 5.02 Å². The minimum Gasteiger partial charge on any atom is -0.354 e. The normalized spacial score (nSPS) is 12.0. The standard InChI is InChI=1S/C30H36ClN3O4S/c1-4-5-19-32-30(36)24(3)33(20-18-25-12-8-6-9-13-25)29(35)22-34(28-17-16-26(31)21-23(28)2)39(37,38)27-14-10-7-11-15-27/h6-17,21,24H,4-5,18-20,22H2,1-3H3,(H,32,36)/t24-/m0/s1. The Balaban J connectivity index is 1.97. The van der Waals surface area contributed by atoms with Crippen LogP contribution in [-0.2, 0) is 26.0 Å². The first-order chi connectivity index (χ1) is 18.6. The van der Waals surface area contributed by atoms with E-state index in [4.69, 9.17) is 11.6 Å². The van der Waals surface area contributed by atoms with Crippen molar-refractivity contribution >= 4 is 39.1 Å². The van der Waals surface area contributed by atoms with Gasteiger partial charge in [-0.3, -0.25) is 13.9 Å². The van der Waals surface area contributed by atoms with E-state index in [1.807, 2.05) is 37.3 Å². The van der Waals surface area contributed by atoms with Gasteiger partial charge in [0.25, 0.3) is 10.0 Å². The van der Waals surface area contributed by atoms with E-state index in [2.05, 4.69) is 5.32 Å². The van der Waals surface area contributed by atoms with E-state index in [0.717, 1.165) is 22.7 Å². The van der Waals surface area contributed by atoms with Crippen molar-refractivity contribution in [2.75, 3.05) is 23.9 Å². The van der Waals surface area contributed by atoms with Crippen LogP contribution >= 0.6 is 11.6 Å². The number of nitrogens with zero attached hydrogens (tertiary/aromatic N) is 2. The van der Waals surface area contributed by atoms with Crippen molar-refractivity contribution in [2.45, 2.75) is 51.0 Å². The number of sulfonamides is 1. The molecule has 9 heteroatoms. The summed E-state index contributed by atoms with van der Waals surface area (Å²) in [6.07, 6.45) is 2.28. The van der Waals surface area contributed by atoms with Crippen LogP contribution in [0, 0.1) is 6.92 Å². The largest absolute Gasteiger partial charge is 0.354 e. The molecule has 0 spiro atoms. The number of amides is 2. The highest BCUT2D eigenvalue weighted by atomic mass is 35.5. The van der Waals surface area contributed by atoms with Crippen molar-refractivity contribution in [3.63, 3.8) is 0 Å². The predicted molar refractivity (Wildman–Crippen MR) is 156 cm³/mol. The van der Waals surface area contributed by atoms with Crippen LogP contribution in [-0.4, -0.2) is 50.8 Å². The number of benzene rings is 3. The molecule has 0 fully saturated rings. The molecule has 3 aromatic rings. The van der Waals surface area contributed by atoms with Crippen LogP contribution in [0.4, 0.5) is 5.69 Å². The number of aryl methyl sites for hydroxylation is 1. The highest BCUT2D eigenvalue weighted by Crippen LogP contribution is 2.29. The quantitative estimate of drug-likeness (QED) is 0.286. The lowest BCUT2D eigenvalue weighted by Gasteiger charge is -2.32. The third-order valence-corrected chi connectivity index (χ3v) is 8.53. The first kappa shape index (κ1) is 30.2. The van der Waals surface area contributed by atoms with Gasteiger partial charge in [0.2, 0.25) is 11.8 Å². The van der Waals surface area contributed by atoms with Crippen molar-refractivity contribution in [3.8, 4) is 0 Å². The summed E-state index contributed by atoms with van der Waals surface area (Å²) in [4.78, 5) is 28.4. The fourth-order valence-electron chi connectivity index (χ4n) is 4.24. The second-order valence-electron chi connectivity index (χ2n) is 9.40. The topological polar surface area (TPSA) is 86.8 Å². The smallest absolute Gasteiger partial charge is 0.264 e. The van der Waals surface area contributed by atoms with Crippen LogP contribution in [0.5, 0.6) is 0 Å². The maximum absolute atomic E-state index is 13.9. The molecule has 0 bridgehead atoms. The third kappa shape index (κ3) is 8.07. The maximum atomic E-state index is 13.9. The molecule has 0 aliphatic carbocycles. The zero-order valence-corrected chi connectivity index (χ0v) is 24.2. The van der Waals surface area contributed by atoms with Gasteiger partial charge in [-0.25, -0.2) is 8.42 Å². The van der Waals surface area contributed by atoms with E-state index in [1.54, 1.807) is 50.2 Å². The SMILES string of the molecule is CCCCNC(=O)[C@H](C)N(CCc1ccccc1)C(=O)CN(c1ccc(Cl)cc1C)S(=O)(=O)c1ccccc1. The fourth-order valence-corrected chi connectivity index (χ4v) is 5.96. The van der Waals surface area contributed by atoms with Gasteiger partial charge in [0.15, 0.2) is 0 Å². The summed E-state index contributed by atoms with van der Waals surface area (Å²) in [6.45, 7) is 5.75. The van der Waals surface area contributed by atoms with Gasteiger partial charge in [0.1, 0.15) is 12.6 Å². The van der Waals surface area contributed by atoms with Crippen LogP contribution in [0.1, 0.15) is 37.8 Å².